The highest BCUT2D eigenvalue weighted by Crippen LogP contribution is 2.20. The van der Waals surface area contributed by atoms with E-state index in [-0.39, 0.29) is 29.7 Å². The molecule has 11 heteroatoms. The van der Waals surface area contributed by atoms with Gasteiger partial charge in [-0.05, 0) is 54.4 Å². The maximum Gasteiger partial charge on any atom is 0.255 e. The quantitative estimate of drug-likeness (QED) is 0.291. The molecular formula is C31H34N6O4S. The number of amides is 2. The number of nitrogens with one attached hydrogen (secondary N) is 2. The Kier molecular flexibility index (Phi) is 9.09. The van der Waals surface area contributed by atoms with E-state index in [9.17, 15) is 18.0 Å². The Hall–Kier alpha value is -4.35. The van der Waals surface area contributed by atoms with Gasteiger partial charge in [-0.1, -0.05) is 42.5 Å². The number of nitrogens with zero attached hydrogens (tertiary/aromatic N) is 4. The van der Waals surface area contributed by atoms with Gasteiger partial charge in [0.1, 0.15) is 5.82 Å². The zero-order valence-corrected chi connectivity index (χ0v) is 24.3. The van der Waals surface area contributed by atoms with Crippen molar-refractivity contribution in [1.29, 1.82) is 0 Å². The van der Waals surface area contributed by atoms with E-state index in [1.807, 2.05) is 67.6 Å². The third-order valence-corrected chi connectivity index (χ3v) is 8.84. The third-order valence-electron chi connectivity index (χ3n) is 7.23. The molecule has 0 spiro atoms. The van der Waals surface area contributed by atoms with Gasteiger partial charge in [-0.15, -0.1) is 0 Å². The molecule has 1 saturated heterocycles. The van der Waals surface area contributed by atoms with Crippen LogP contribution >= 0.6 is 0 Å². The van der Waals surface area contributed by atoms with E-state index < -0.39 is 9.84 Å². The predicted molar refractivity (Wildman–Crippen MR) is 161 cm³/mol. The fourth-order valence-corrected chi connectivity index (χ4v) is 6.10. The molecule has 1 aliphatic heterocycles. The molecule has 4 aromatic rings. The lowest BCUT2D eigenvalue weighted by molar-refractivity contribution is -0.131. The smallest absolute Gasteiger partial charge is 0.255 e. The van der Waals surface area contributed by atoms with Crippen molar-refractivity contribution in [3.8, 4) is 11.4 Å². The van der Waals surface area contributed by atoms with E-state index in [1.165, 1.54) is 0 Å². The monoisotopic (exact) mass is 586 g/mol. The molecular weight excluding hydrogens is 552 g/mol. The van der Waals surface area contributed by atoms with Crippen LogP contribution in [0.1, 0.15) is 34.2 Å². The van der Waals surface area contributed by atoms with Crippen LogP contribution in [0, 0.1) is 0 Å². The number of sulfone groups is 1. The molecule has 2 heterocycles. The van der Waals surface area contributed by atoms with Crippen molar-refractivity contribution >= 4 is 27.3 Å². The lowest BCUT2D eigenvalue weighted by atomic mass is 10.1. The van der Waals surface area contributed by atoms with Crippen LogP contribution in [0.3, 0.4) is 0 Å². The van der Waals surface area contributed by atoms with E-state index in [4.69, 9.17) is 0 Å². The second kappa shape index (κ2) is 13.1. The Bertz CT molecular complexity index is 1620. The molecule has 2 N–H and O–H groups in total. The highest BCUT2D eigenvalue weighted by molar-refractivity contribution is 7.91. The summed E-state index contributed by atoms with van der Waals surface area (Å²) in [5.74, 6) is 1.03. The average Bonchev–Trinajstić information content (AvgIpc) is 3.46. The molecule has 3 aromatic carbocycles. The molecule has 0 radical (unpaired) electrons. The largest absolute Gasteiger partial charge is 0.338 e. The summed E-state index contributed by atoms with van der Waals surface area (Å²) in [7, 11) is -2.93. The van der Waals surface area contributed by atoms with E-state index >= 15 is 0 Å². The fourth-order valence-electron chi connectivity index (χ4n) is 4.82. The molecule has 218 valence electrons. The van der Waals surface area contributed by atoms with E-state index in [0.717, 1.165) is 16.7 Å². The number of carbonyl (C=O) groups excluding carboxylic acids is 2. The van der Waals surface area contributed by atoms with Gasteiger partial charge in [0.15, 0.2) is 15.7 Å². The van der Waals surface area contributed by atoms with Crippen LogP contribution < -0.4 is 5.32 Å². The first-order valence-electron chi connectivity index (χ1n) is 13.9. The first-order valence-corrected chi connectivity index (χ1v) is 15.8. The van der Waals surface area contributed by atoms with Crippen LogP contribution in [0.15, 0.2) is 78.9 Å². The summed E-state index contributed by atoms with van der Waals surface area (Å²) in [4.78, 5) is 34.2. The lowest BCUT2D eigenvalue weighted by Crippen LogP contribution is -2.39. The van der Waals surface area contributed by atoms with Gasteiger partial charge >= 0.3 is 0 Å². The van der Waals surface area contributed by atoms with Gasteiger partial charge in [0.25, 0.3) is 5.91 Å². The minimum Gasteiger partial charge on any atom is -0.338 e. The minimum atomic E-state index is -2.93. The van der Waals surface area contributed by atoms with Crippen LogP contribution in [-0.2, 0) is 34.1 Å². The number of likely N-dealkylation sites (N-methyl/N-ethyl adjacent to an activating group) is 1. The third kappa shape index (κ3) is 7.68. The summed E-state index contributed by atoms with van der Waals surface area (Å²) in [5.41, 5.74) is 3.94. The van der Waals surface area contributed by atoms with Gasteiger partial charge in [-0.3, -0.25) is 19.6 Å². The van der Waals surface area contributed by atoms with E-state index in [1.54, 1.807) is 23.1 Å². The molecule has 1 fully saturated rings. The zero-order chi connectivity index (χ0) is 29.5. The number of aromatic nitrogens is 3. The first kappa shape index (κ1) is 29.2. The Balaban J connectivity index is 1.16. The molecule has 0 bridgehead atoms. The Labute approximate surface area is 245 Å². The summed E-state index contributed by atoms with van der Waals surface area (Å²) in [6.45, 7) is 4.68. The summed E-state index contributed by atoms with van der Waals surface area (Å²) in [6, 6.07) is 24.4. The molecule has 42 heavy (non-hydrogen) atoms. The molecule has 10 nitrogen and oxygen atoms in total. The van der Waals surface area contributed by atoms with Crippen molar-refractivity contribution < 1.29 is 18.0 Å². The van der Waals surface area contributed by atoms with Gasteiger partial charge in [-0.25, -0.2) is 13.4 Å². The molecule has 0 saturated carbocycles. The van der Waals surface area contributed by atoms with E-state index in [0.29, 0.717) is 55.6 Å². The SMILES string of the molecule is CCN(Cc1ccccc1)C(=O)Cc1nc(-c2ccc(NC(=O)c3cccc(CN4CCS(=O)(=O)CC4)c3)cc2)n[nH]1. The molecule has 0 unspecified atom stereocenters. The van der Waals surface area contributed by atoms with Crippen molar-refractivity contribution in [3.63, 3.8) is 0 Å². The topological polar surface area (TPSA) is 128 Å². The minimum absolute atomic E-state index is 0.0324. The van der Waals surface area contributed by atoms with Crippen LogP contribution in [-0.4, -0.2) is 76.4 Å². The van der Waals surface area contributed by atoms with Crippen molar-refractivity contribution in [2.24, 2.45) is 0 Å². The number of rotatable bonds is 10. The number of aromatic amines is 1. The second-order valence-electron chi connectivity index (χ2n) is 10.3. The number of benzene rings is 3. The second-order valence-corrected chi connectivity index (χ2v) is 12.6. The fraction of sp³-hybridized carbons (Fsp3) is 0.290. The number of carbonyl (C=O) groups is 2. The maximum absolute atomic E-state index is 12.9. The summed E-state index contributed by atoms with van der Waals surface area (Å²) >= 11 is 0. The lowest BCUT2D eigenvalue weighted by Gasteiger charge is -2.26. The van der Waals surface area contributed by atoms with Crippen molar-refractivity contribution in [1.82, 2.24) is 25.0 Å². The highest BCUT2D eigenvalue weighted by atomic mass is 32.2. The molecule has 0 atom stereocenters. The molecule has 2 amide bonds. The van der Waals surface area contributed by atoms with Gasteiger partial charge in [0.05, 0.1) is 17.9 Å². The van der Waals surface area contributed by atoms with Gasteiger partial charge < -0.3 is 10.2 Å². The van der Waals surface area contributed by atoms with Crippen LogP contribution in [0.25, 0.3) is 11.4 Å². The van der Waals surface area contributed by atoms with Crippen LogP contribution in [0.4, 0.5) is 5.69 Å². The molecule has 0 aliphatic carbocycles. The number of anilines is 1. The summed E-state index contributed by atoms with van der Waals surface area (Å²) in [5, 5.41) is 10.1. The normalized spacial score (nSPS) is 14.8. The molecule has 5 rings (SSSR count). The van der Waals surface area contributed by atoms with E-state index in [2.05, 4.69) is 25.4 Å². The Morgan fingerprint density at radius 2 is 1.67 bits per heavy atom. The predicted octanol–water partition coefficient (Wildman–Crippen LogP) is 3.55. The Morgan fingerprint density at radius 1 is 0.952 bits per heavy atom. The first-order chi connectivity index (χ1) is 20.3. The average molecular weight is 587 g/mol. The summed E-state index contributed by atoms with van der Waals surface area (Å²) < 4.78 is 23.4. The standard InChI is InChI=1S/C31H34N6O4S/c1-2-37(22-23-7-4-3-5-8-23)29(38)20-28-33-30(35-34-28)25-11-13-27(14-12-25)32-31(39)26-10-6-9-24(19-26)21-36-15-17-42(40,41)18-16-36/h3-14,19H,2,15-18,20-22H2,1H3,(H,32,39)(H,33,34,35). The van der Waals surface area contributed by atoms with Crippen LogP contribution in [0.2, 0.25) is 0 Å². The Morgan fingerprint density at radius 3 is 2.38 bits per heavy atom. The maximum atomic E-state index is 12.9. The van der Waals surface area contributed by atoms with Gasteiger partial charge in [0, 0.05) is 49.5 Å². The zero-order valence-electron chi connectivity index (χ0n) is 23.5. The number of H-pyrrole nitrogens is 1. The number of hydrogen-bond acceptors (Lipinski definition) is 7. The van der Waals surface area contributed by atoms with Crippen LogP contribution in [0.5, 0.6) is 0 Å². The van der Waals surface area contributed by atoms with Crippen molar-refractivity contribution in [2.75, 3.05) is 36.5 Å². The van der Waals surface area contributed by atoms with Gasteiger partial charge in [0.2, 0.25) is 5.91 Å². The van der Waals surface area contributed by atoms with Crippen molar-refractivity contribution in [2.45, 2.75) is 26.4 Å². The molecule has 1 aliphatic rings. The van der Waals surface area contributed by atoms with Gasteiger partial charge in [-0.2, -0.15) is 5.10 Å². The number of hydrogen-bond donors (Lipinski definition) is 2. The molecule has 1 aromatic heterocycles. The highest BCUT2D eigenvalue weighted by Gasteiger charge is 2.22. The van der Waals surface area contributed by atoms with Crippen molar-refractivity contribution in [3.05, 3.63) is 101 Å². The summed E-state index contributed by atoms with van der Waals surface area (Å²) in [6.07, 6.45) is 0.123.